The molecule has 0 radical (unpaired) electrons. The topological polar surface area (TPSA) is 94.6 Å². The molecule has 4 N–H and O–H groups in total. The fourth-order valence-electron chi connectivity index (χ4n) is 4.08. The smallest absolute Gasteiger partial charge is 0.255 e. The zero-order valence-electron chi connectivity index (χ0n) is 19.4. The van der Waals surface area contributed by atoms with Crippen LogP contribution < -0.4 is 10.1 Å². The van der Waals surface area contributed by atoms with Gasteiger partial charge in [-0.1, -0.05) is 32.0 Å². The lowest BCUT2D eigenvalue weighted by Crippen LogP contribution is -2.41. The minimum atomic E-state index is -0.475. The average molecular weight is 479 g/mol. The van der Waals surface area contributed by atoms with Crippen LogP contribution in [0.2, 0.25) is 0 Å². The number of H-pyrrole nitrogens is 1. The molecule has 0 saturated carbocycles. The molecule has 4 aromatic rings. The first kappa shape index (κ1) is 24.0. The molecule has 2 heterocycles. The second-order valence-corrected chi connectivity index (χ2v) is 9.49. The number of hydrogen-bond donors (Lipinski definition) is 4. The van der Waals surface area contributed by atoms with Crippen molar-refractivity contribution >= 4 is 28.1 Å². The van der Waals surface area contributed by atoms with Crippen molar-refractivity contribution in [2.75, 3.05) is 13.2 Å². The SMILES string of the molecule is CCCOc1ccc(-c2ccc(CO)s2)cc1C(=O)NC(CO)[C@H](C)c1c[nH]c2ccccc12. The summed E-state index contributed by atoms with van der Waals surface area (Å²) in [4.78, 5) is 18.5. The van der Waals surface area contributed by atoms with E-state index in [-0.39, 0.29) is 25.0 Å². The summed E-state index contributed by atoms with van der Waals surface area (Å²) in [6, 6.07) is 16.9. The van der Waals surface area contributed by atoms with Crippen LogP contribution in [0.3, 0.4) is 0 Å². The maximum atomic E-state index is 13.4. The van der Waals surface area contributed by atoms with E-state index >= 15 is 0 Å². The summed E-state index contributed by atoms with van der Waals surface area (Å²) < 4.78 is 5.87. The van der Waals surface area contributed by atoms with Crippen LogP contribution in [0.1, 0.15) is 47.0 Å². The van der Waals surface area contributed by atoms with Gasteiger partial charge in [0.25, 0.3) is 5.91 Å². The van der Waals surface area contributed by atoms with Crippen LogP contribution in [-0.4, -0.2) is 40.4 Å². The molecule has 0 bridgehead atoms. The highest BCUT2D eigenvalue weighted by Gasteiger charge is 2.25. The van der Waals surface area contributed by atoms with Gasteiger partial charge >= 0.3 is 0 Å². The summed E-state index contributed by atoms with van der Waals surface area (Å²) in [6.45, 7) is 4.31. The third kappa shape index (κ3) is 5.01. The molecule has 6 nitrogen and oxygen atoms in total. The van der Waals surface area contributed by atoms with Gasteiger partial charge in [-0.2, -0.15) is 0 Å². The Morgan fingerprint density at radius 1 is 1.15 bits per heavy atom. The normalized spacial score (nSPS) is 13.1. The fraction of sp³-hybridized carbons (Fsp3) is 0.296. The summed E-state index contributed by atoms with van der Waals surface area (Å²) in [5.41, 5.74) is 3.37. The van der Waals surface area contributed by atoms with E-state index in [1.807, 2.05) is 74.6 Å². The van der Waals surface area contributed by atoms with Crippen molar-refractivity contribution < 1.29 is 19.7 Å². The van der Waals surface area contributed by atoms with Crippen molar-refractivity contribution in [3.05, 3.63) is 76.8 Å². The van der Waals surface area contributed by atoms with Crippen molar-refractivity contribution in [2.24, 2.45) is 0 Å². The molecule has 7 heteroatoms. The van der Waals surface area contributed by atoms with E-state index in [9.17, 15) is 15.0 Å². The molecule has 0 aliphatic carbocycles. The molecule has 0 aliphatic heterocycles. The van der Waals surface area contributed by atoms with Crippen LogP contribution in [-0.2, 0) is 6.61 Å². The monoisotopic (exact) mass is 478 g/mol. The largest absolute Gasteiger partial charge is 0.493 e. The molecule has 1 unspecified atom stereocenters. The number of aliphatic hydroxyl groups excluding tert-OH is 2. The second kappa shape index (κ2) is 10.9. The zero-order chi connectivity index (χ0) is 24.1. The summed E-state index contributed by atoms with van der Waals surface area (Å²) in [6.07, 6.45) is 2.76. The van der Waals surface area contributed by atoms with Gasteiger partial charge in [-0.15, -0.1) is 11.3 Å². The van der Waals surface area contributed by atoms with Gasteiger partial charge in [0.05, 0.1) is 31.4 Å². The summed E-state index contributed by atoms with van der Waals surface area (Å²) >= 11 is 1.49. The van der Waals surface area contributed by atoms with E-state index in [0.29, 0.717) is 17.9 Å². The third-order valence-corrected chi connectivity index (χ3v) is 7.14. The van der Waals surface area contributed by atoms with Crippen LogP contribution in [0, 0.1) is 0 Å². The van der Waals surface area contributed by atoms with Gasteiger partial charge in [-0.05, 0) is 53.9 Å². The van der Waals surface area contributed by atoms with E-state index in [4.69, 9.17) is 4.74 Å². The summed E-state index contributed by atoms with van der Waals surface area (Å²) in [7, 11) is 0. The van der Waals surface area contributed by atoms with Crippen LogP contribution in [0.25, 0.3) is 21.3 Å². The molecule has 0 spiro atoms. The lowest BCUT2D eigenvalue weighted by atomic mass is 9.93. The number of rotatable bonds is 10. The Balaban J connectivity index is 1.62. The number of thiophene rings is 1. The maximum absolute atomic E-state index is 13.4. The minimum Gasteiger partial charge on any atom is -0.493 e. The molecule has 2 aromatic carbocycles. The van der Waals surface area contributed by atoms with Crippen molar-refractivity contribution in [2.45, 2.75) is 38.8 Å². The highest BCUT2D eigenvalue weighted by molar-refractivity contribution is 7.15. The number of aliphatic hydroxyl groups is 2. The number of hydrogen-bond acceptors (Lipinski definition) is 5. The predicted octanol–water partition coefficient (Wildman–Crippen LogP) is 5.07. The molecule has 1 amide bonds. The molecule has 0 saturated heterocycles. The minimum absolute atomic E-state index is 0.0143. The Hall–Kier alpha value is -3.13. The maximum Gasteiger partial charge on any atom is 0.255 e. The van der Waals surface area contributed by atoms with Crippen molar-refractivity contribution in [3.8, 4) is 16.2 Å². The summed E-state index contributed by atoms with van der Waals surface area (Å²) in [5, 5.41) is 23.7. The number of fused-ring (bicyclic) bond motifs is 1. The first-order chi connectivity index (χ1) is 16.5. The van der Waals surface area contributed by atoms with Crippen molar-refractivity contribution in [1.29, 1.82) is 0 Å². The van der Waals surface area contributed by atoms with Gasteiger partial charge in [0.1, 0.15) is 5.75 Å². The quantitative estimate of drug-likeness (QED) is 0.256. The van der Waals surface area contributed by atoms with E-state index in [2.05, 4.69) is 10.3 Å². The zero-order valence-corrected chi connectivity index (χ0v) is 20.2. The Kier molecular flexibility index (Phi) is 7.67. The van der Waals surface area contributed by atoms with Gasteiger partial charge in [-0.25, -0.2) is 0 Å². The van der Waals surface area contributed by atoms with E-state index in [1.54, 1.807) is 0 Å². The van der Waals surface area contributed by atoms with E-state index in [0.717, 1.165) is 38.2 Å². The lowest BCUT2D eigenvalue weighted by Gasteiger charge is -2.24. The molecule has 34 heavy (non-hydrogen) atoms. The predicted molar refractivity (Wildman–Crippen MR) is 137 cm³/mol. The number of para-hydroxylation sites is 1. The standard InChI is InChI=1S/C27H30N2O4S/c1-3-12-33-25-10-8-18(26-11-9-19(15-30)34-26)13-21(25)27(32)29-24(16-31)17(2)22-14-28-23-7-5-4-6-20(22)23/h4-11,13-14,17,24,28,30-31H,3,12,15-16H2,1-2H3,(H,29,32)/t17-,24?/m1/s1. The first-order valence-electron chi connectivity index (χ1n) is 11.5. The number of aromatic amines is 1. The molecule has 0 fully saturated rings. The van der Waals surface area contributed by atoms with Gasteiger partial charge in [0, 0.05) is 32.8 Å². The number of amides is 1. The van der Waals surface area contributed by atoms with Crippen molar-refractivity contribution in [3.63, 3.8) is 0 Å². The number of benzene rings is 2. The van der Waals surface area contributed by atoms with Crippen LogP contribution in [0.5, 0.6) is 5.75 Å². The van der Waals surface area contributed by atoms with Gasteiger partial charge in [-0.3, -0.25) is 4.79 Å². The number of nitrogens with one attached hydrogen (secondary N) is 2. The van der Waals surface area contributed by atoms with Gasteiger partial charge < -0.3 is 25.3 Å². The molecule has 4 rings (SSSR count). The number of carbonyl (C=O) groups is 1. The fourth-order valence-corrected chi connectivity index (χ4v) is 4.94. The Morgan fingerprint density at radius 3 is 2.71 bits per heavy atom. The van der Waals surface area contributed by atoms with Gasteiger partial charge in [0.2, 0.25) is 0 Å². The molecular formula is C27H30N2O4S. The van der Waals surface area contributed by atoms with Crippen molar-refractivity contribution in [1.82, 2.24) is 10.3 Å². The Morgan fingerprint density at radius 2 is 1.97 bits per heavy atom. The second-order valence-electron chi connectivity index (χ2n) is 8.32. The highest BCUT2D eigenvalue weighted by atomic mass is 32.1. The molecular weight excluding hydrogens is 448 g/mol. The molecule has 178 valence electrons. The average Bonchev–Trinajstić information content (AvgIpc) is 3.53. The summed E-state index contributed by atoms with van der Waals surface area (Å²) in [5.74, 6) is 0.105. The van der Waals surface area contributed by atoms with E-state index < -0.39 is 6.04 Å². The van der Waals surface area contributed by atoms with E-state index in [1.165, 1.54) is 11.3 Å². The number of aromatic nitrogens is 1. The first-order valence-corrected chi connectivity index (χ1v) is 12.3. The molecule has 2 aromatic heterocycles. The number of carbonyl (C=O) groups excluding carboxylic acids is 1. The number of ether oxygens (including phenoxy) is 1. The molecule has 0 aliphatic rings. The van der Waals surface area contributed by atoms with Crippen LogP contribution >= 0.6 is 11.3 Å². The lowest BCUT2D eigenvalue weighted by molar-refractivity contribution is 0.0903. The van der Waals surface area contributed by atoms with Crippen LogP contribution in [0.4, 0.5) is 0 Å². The Bertz CT molecular complexity index is 1260. The Labute approximate surface area is 203 Å². The molecule has 2 atom stereocenters. The third-order valence-electron chi connectivity index (χ3n) is 6.02. The van der Waals surface area contributed by atoms with Crippen LogP contribution in [0.15, 0.2) is 60.8 Å². The van der Waals surface area contributed by atoms with Gasteiger partial charge in [0.15, 0.2) is 0 Å². The highest BCUT2D eigenvalue weighted by Crippen LogP contribution is 2.33.